The smallest absolute Gasteiger partial charge is 0.203 e. The molecule has 1 atom stereocenters. The molecule has 0 bridgehead atoms. The molecule has 4 heteroatoms. The molecule has 1 aliphatic carbocycles. The average molecular weight is 410 g/mol. The molecule has 4 nitrogen and oxygen atoms in total. The highest BCUT2D eigenvalue weighted by atomic mass is 16.5. The Kier molecular flexibility index (Phi) is 4.83. The van der Waals surface area contributed by atoms with Gasteiger partial charge in [0.1, 0.15) is 28.2 Å². The molecule has 3 aromatic carbocycles. The van der Waals surface area contributed by atoms with Crippen LogP contribution in [-0.4, -0.2) is 14.2 Å². The van der Waals surface area contributed by atoms with E-state index in [9.17, 15) is 4.79 Å². The summed E-state index contributed by atoms with van der Waals surface area (Å²) in [7, 11) is 3.13. The molecule has 1 aromatic heterocycles. The molecule has 0 N–H and O–H groups in total. The van der Waals surface area contributed by atoms with E-state index in [1.807, 2.05) is 42.5 Å². The Balaban J connectivity index is 1.78. The topological polar surface area (TPSA) is 48.7 Å². The highest BCUT2D eigenvalue weighted by Gasteiger charge is 2.29. The van der Waals surface area contributed by atoms with Crippen LogP contribution >= 0.6 is 0 Å². The van der Waals surface area contributed by atoms with Gasteiger partial charge in [-0.1, -0.05) is 60.7 Å². The normalized spacial score (nSPS) is 15.3. The van der Waals surface area contributed by atoms with E-state index in [0.29, 0.717) is 40.2 Å². The van der Waals surface area contributed by atoms with Gasteiger partial charge in [-0.05, 0) is 22.8 Å². The van der Waals surface area contributed by atoms with E-state index in [-0.39, 0.29) is 11.3 Å². The zero-order valence-electron chi connectivity index (χ0n) is 17.4. The molecule has 4 aromatic rings. The molecular weight excluding hydrogens is 388 g/mol. The maximum Gasteiger partial charge on any atom is 0.203 e. The maximum atomic E-state index is 13.5. The Bertz CT molecular complexity index is 1330. The molecule has 0 amide bonds. The van der Waals surface area contributed by atoms with Gasteiger partial charge in [-0.2, -0.15) is 0 Å². The zero-order valence-corrected chi connectivity index (χ0v) is 17.4. The van der Waals surface area contributed by atoms with Gasteiger partial charge in [0.25, 0.3) is 0 Å². The van der Waals surface area contributed by atoms with Crippen molar-refractivity contribution in [3.63, 3.8) is 0 Å². The standard InChI is InChI=1S/C27H22O4/c1-29-19-13-24(30-2)26-25(14-19)31-23-16-21(18-11-7-4-8-12-18)20(15-22(23)27(26)28)17-9-5-3-6-10-17/h3-15,21H,16H2,1-2H3. The van der Waals surface area contributed by atoms with Gasteiger partial charge in [-0.3, -0.25) is 4.79 Å². The fourth-order valence-electron chi connectivity index (χ4n) is 4.34. The number of methoxy groups -OCH3 is 2. The molecule has 0 spiro atoms. The SMILES string of the molecule is COc1cc(OC)c2c(=O)c3c(oc2c1)CC(c1ccccc1)C(c1ccccc1)=C3. The third kappa shape index (κ3) is 3.30. The fraction of sp³-hybridized carbons (Fsp3) is 0.148. The van der Waals surface area contributed by atoms with Gasteiger partial charge in [0.15, 0.2) is 0 Å². The van der Waals surface area contributed by atoms with E-state index in [2.05, 4.69) is 24.3 Å². The summed E-state index contributed by atoms with van der Waals surface area (Å²) in [4.78, 5) is 13.5. The number of fused-ring (bicyclic) bond motifs is 2. The van der Waals surface area contributed by atoms with Gasteiger partial charge in [0.05, 0.1) is 19.8 Å². The van der Waals surface area contributed by atoms with Crippen LogP contribution in [0.5, 0.6) is 11.5 Å². The summed E-state index contributed by atoms with van der Waals surface area (Å²) in [6.45, 7) is 0. The van der Waals surface area contributed by atoms with Crippen LogP contribution in [0.2, 0.25) is 0 Å². The molecule has 5 rings (SSSR count). The number of hydrogen-bond donors (Lipinski definition) is 0. The van der Waals surface area contributed by atoms with Crippen molar-refractivity contribution < 1.29 is 13.9 Å². The fourth-order valence-corrected chi connectivity index (χ4v) is 4.34. The van der Waals surface area contributed by atoms with Gasteiger partial charge in [0, 0.05) is 24.5 Å². The van der Waals surface area contributed by atoms with Crippen LogP contribution in [0.3, 0.4) is 0 Å². The second-order valence-corrected chi connectivity index (χ2v) is 7.60. The first-order valence-electron chi connectivity index (χ1n) is 10.2. The first-order chi connectivity index (χ1) is 15.2. The van der Waals surface area contributed by atoms with Gasteiger partial charge in [-0.25, -0.2) is 0 Å². The van der Waals surface area contributed by atoms with E-state index in [1.54, 1.807) is 26.4 Å². The lowest BCUT2D eigenvalue weighted by Gasteiger charge is -2.26. The predicted molar refractivity (Wildman–Crippen MR) is 123 cm³/mol. The Morgan fingerprint density at radius 3 is 2.29 bits per heavy atom. The van der Waals surface area contributed by atoms with Crippen molar-refractivity contribution in [3.05, 3.63) is 105 Å². The van der Waals surface area contributed by atoms with Gasteiger partial charge in [-0.15, -0.1) is 0 Å². The van der Waals surface area contributed by atoms with Gasteiger partial charge >= 0.3 is 0 Å². The minimum atomic E-state index is -0.0873. The monoisotopic (exact) mass is 410 g/mol. The molecule has 154 valence electrons. The summed E-state index contributed by atoms with van der Waals surface area (Å²) in [5.41, 5.74) is 4.37. The zero-order chi connectivity index (χ0) is 21.4. The maximum absolute atomic E-state index is 13.5. The van der Waals surface area contributed by atoms with Gasteiger partial charge in [0.2, 0.25) is 5.43 Å². The van der Waals surface area contributed by atoms with Crippen molar-refractivity contribution in [1.82, 2.24) is 0 Å². The molecule has 0 fully saturated rings. The van der Waals surface area contributed by atoms with E-state index >= 15 is 0 Å². The Morgan fingerprint density at radius 1 is 0.903 bits per heavy atom. The highest BCUT2D eigenvalue weighted by Crippen LogP contribution is 2.42. The summed E-state index contributed by atoms with van der Waals surface area (Å²) < 4.78 is 17.1. The third-order valence-corrected chi connectivity index (χ3v) is 5.87. The molecule has 1 heterocycles. The number of benzene rings is 3. The molecular formula is C27H22O4. The Hall–Kier alpha value is -3.79. The summed E-state index contributed by atoms with van der Waals surface area (Å²) in [5.74, 6) is 1.81. The number of hydrogen-bond acceptors (Lipinski definition) is 4. The molecule has 0 aliphatic heterocycles. The summed E-state index contributed by atoms with van der Waals surface area (Å²) in [6, 6.07) is 24.0. The van der Waals surface area contributed by atoms with Crippen LogP contribution < -0.4 is 14.9 Å². The molecule has 0 saturated heterocycles. The summed E-state index contributed by atoms with van der Waals surface area (Å²) >= 11 is 0. The first kappa shape index (κ1) is 19.2. The lowest BCUT2D eigenvalue weighted by atomic mass is 9.78. The molecule has 31 heavy (non-hydrogen) atoms. The second kappa shape index (κ2) is 7.80. The molecule has 1 unspecified atom stereocenters. The van der Waals surface area contributed by atoms with Crippen molar-refractivity contribution in [2.24, 2.45) is 0 Å². The second-order valence-electron chi connectivity index (χ2n) is 7.60. The van der Waals surface area contributed by atoms with E-state index in [4.69, 9.17) is 13.9 Å². The van der Waals surface area contributed by atoms with Crippen molar-refractivity contribution in [3.8, 4) is 11.5 Å². The van der Waals surface area contributed by atoms with Crippen LogP contribution in [0.15, 0.2) is 82.0 Å². The lowest BCUT2D eigenvalue weighted by molar-refractivity contribution is 0.395. The molecule has 0 radical (unpaired) electrons. The number of ether oxygens (including phenoxy) is 2. The van der Waals surface area contributed by atoms with Crippen molar-refractivity contribution in [2.45, 2.75) is 12.3 Å². The summed E-state index contributed by atoms with van der Waals surface area (Å²) in [6.07, 6.45) is 2.59. The highest BCUT2D eigenvalue weighted by molar-refractivity contribution is 5.92. The predicted octanol–water partition coefficient (Wildman–Crippen LogP) is 5.69. The van der Waals surface area contributed by atoms with Crippen LogP contribution in [0, 0.1) is 0 Å². The largest absolute Gasteiger partial charge is 0.496 e. The van der Waals surface area contributed by atoms with Crippen LogP contribution in [0.1, 0.15) is 28.4 Å². The van der Waals surface area contributed by atoms with E-state index in [1.165, 1.54) is 5.56 Å². The number of rotatable bonds is 4. The average Bonchev–Trinajstić information content (AvgIpc) is 2.83. The first-order valence-corrected chi connectivity index (χ1v) is 10.2. The number of allylic oxidation sites excluding steroid dienone is 1. The van der Waals surface area contributed by atoms with Crippen molar-refractivity contribution in [2.75, 3.05) is 14.2 Å². The van der Waals surface area contributed by atoms with E-state index < -0.39 is 0 Å². The third-order valence-electron chi connectivity index (χ3n) is 5.87. The Morgan fingerprint density at radius 2 is 1.61 bits per heavy atom. The van der Waals surface area contributed by atoms with Crippen LogP contribution in [0.4, 0.5) is 0 Å². The van der Waals surface area contributed by atoms with Crippen molar-refractivity contribution in [1.29, 1.82) is 0 Å². The summed E-state index contributed by atoms with van der Waals surface area (Å²) in [5, 5.41) is 0.434. The van der Waals surface area contributed by atoms with E-state index in [0.717, 1.165) is 11.1 Å². The van der Waals surface area contributed by atoms with Crippen LogP contribution in [0.25, 0.3) is 22.6 Å². The quantitative estimate of drug-likeness (QED) is 0.434. The lowest BCUT2D eigenvalue weighted by Crippen LogP contribution is -2.18. The van der Waals surface area contributed by atoms with Gasteiger partial charge < -0.3 is 13.9 Å². The van der Waals surface area contributed by atoms with Crippen LogP contribution in [-0.2, 0) is 6.42 Å². The van der Waals surface area contributed by atoms with Crippen molar-refractivity contribution >= 4 is 22.6 Å². The molecule has 0 saturated carbocycles. The minimum Gasteiger partial charge on any atom is -0.496 e. The molecule has 1 aliphatic rings. The minimum absolute atomic E-state index is 0.0872. The Labute approximate surface area is 180 Å².